The first-order chi connectivity index (χ1) is 9.75. The van der Waals surface area contributed by atoms with Gasteiger partial charge in [-0.2, -0.15) is 0 Å². The predicted molar refractivity (Wildman–Crippen MR) is 86.5 cm³/mol. The molecule has 3 nitrogen and oxygen atoms in total. The highest BCUT2D eigenvalue weighted by Gasteiger charge is 2.14. The van der Waals surface area contributed by atoms with E-state index in [2.05, 4.69) is 28.5 Å². The highest BCUT2D eigenvalue weighted by molar-refractivity contribution is 7.80. The highest BCUT2D eigenvalue weighted by Crippen LogP contribution is 2.30. The van der Waals surface area contributed by atoms with Gasteiger partial charge in [0, 0.05) is 11.9 Å². The molecule has 2 aromatic rings. The number of hydrogen-bond acceptors (Lipinski definition) is 3. The van der Waals surface area contributed by atoms with Gasteiger partial charge in [0.2, 0.25) is 0 Å². The van der Waals surface area contributed by atoms with Gasteiger partial charge in [-0.15, -0.1) is 0 Å². The second-order valence-electron chi connectivity index (χ2n) is 5.04. The third-order valence-electron chi connectivity index (χ3n) is 3.71. The largest absolute Gasteiger partial charge is 0.388 e. The number of hydrogen-bond donors (Lipinski definition) is 2. The van der Waals surface area contributed by atoms with Crippen molar-refractivity contribution in [1.82, 2.24) is 4.98 Å². The molecule has 0 atom stereocenters. The first kappa shape index (κ1) is 13.1. The lowest BCUT2D eigenvalue weighted by Gasteiger charge is -2.20. The Morgan fingerprint density at radius 3 is 2.75 bits per heavy atom. The lowest BCUT2D eigenvalue weighted by atomic mass is 9.90. The smallest absolute Gasteiger partial charge is 0.124 e. The maximum Gasteiger partial charge on any atom is 0.124 e. The van der Waals surface area contributed by atoms with Gasteiger partial charge < -0.3 is 11.1 Å². The van der Waals surface area contributed by atoms with E-state index in [1.54, 1.807) is 6.20 Å². The van der Waals surface area contributed by atoms with E-state index < -0.39 is 0 Å². The minimum atomic E-state index is 0.317. The van der Waals surface area contributed by atoms with E-state index in [9.17, 15) is 0 Å². The molecule has 0 amide bonds. The van der Waals surface area contributed by atoms with Crippen molar-refractivity contribution < 1.29 is 0 Å². The molecule has 102 valence electrons. The highest BCUT2D eigenvalue weighted by atomic mass is 32.1. The number of rotatable bonds is 3. The quantitative estimate of drug-likeness (QED) is 0.848. The first-order valence-corrected chi connectivity index (χ1v) is 7.29. The van der Waals surface area contributed by atoms with Crippen LogP contribution in [-0.2, 0) is 12.8 Å². The van der Waals surface area contributed by atoms with E-state index in [4.69, 9.17) is 18.0 Å². The standard InChI is InChI=1S/C16H17N3S/c17-16(20)15-14(9-4-10-18-15)19-13-8-3-6-11-5-1-2-7-12(11)13/h3-4,6,8-10,19H,1-2,5,7H2,(H2,17,20). The predicted octanol–water partition coefficient (Wildman–Crippen LogP) is 3.34. The van der Waals surface area contributed by atoms with Crippen molar-refractivity contribution in [2.24, 2.45) is 5.73 Å². The van der Waals surface area contributed by atoms with Crippen LogP contribution in [0.3, 0.4) is 0 Å². The van der Waals surface area contributed by atoms with E-state index in [1.165, 1.54) is 30.4 Å². The Bertz CT molecular complexity index is 652. The number of aryl methyl sites for hydroxylation is 1. The van der Waals surface area contributed by atoms with Crippen molar-refractivity contribution >= 4 is 28.6 Å². The minimum Gasteiger partial charge on any atom is -0.388 e. The van der Waals surface area contributed by atoms with Crippen LogP contribution in [0.5, 0.6) is 0 Å². The summed E-state index contributed by atoms with van der Waals surface area (Å²) < 4.78 is 0. The first-order valence-electron chi connectivity index (χ1n) is 6.88. The summed E-state index contributed by atoms with van der Waals surface area (Å²) in [7, 11) is 0. The van der Waals surface area contributed by atoms with Crippen molar-refractivity contribution in [2.45, 2.75) is 25.7 Å². The molecule has 1 aromatic carbocycles. The van der Waals surface area contributed by atoms with E-state index in [1.807, 2.05) is 12.1 Å². The Morgan fingerprint density at radius 2 is 1.90 bits per heavy atom. The van der Waals surface area contributed by atoms with Gasteiger partial charge in [0.25, 0.3) is 0 Å². The Morgan fingerprint density at radius 1 is 1.10 bits per heavy atom. The Balaban J connectivity index is 1.98. The fraction of sp³-hybridized carbons (Fsp3) is 0.250. The maximum atomic E-state index is 5.73. The molecule has 1 aliphatic carbocycles. The van der Waals surface area contributed by atoms with Gasteiger partial charge in [-0.25, -0.2) is 0 Å². The monoisotopic (exact) mass is 283 g/mol. The average molecular weight is 283 g/mol. The molecule has 0 fully saturated rings. The van der Waals surface area contributed by atoms with Crippen molar-refractivity contribution in [3.05, 3.63) is 53.3 Å². The molecule has 1 aliphatic rings. The summed E-state index contributed by atoms with van der Waals surface area (Å²) in [5.41, 5.74) is 11.3. The number of anilines is 2. The molecular formula is C16H17N3S. The number of nitrogens with two attached hydrogens (primary N) is 1. The second kappa shape index (κ2) is 5.59. The molecule has 0 aliphatic heterocycles. The number of thiocarbonyl (C=S) groups is 1. The van der Waals surface area contributed by atoms with Gasteiger partial charge in [-0.1, -0.05) is 24.4 Å². The minimum absolute atomic E-state index is 0.317. The summed E-state index contributed by atoms with van der Waals surface area (Å²) in [6.07, 6.45) is 6.53. The van der Waals surface area contributed by atoms with Crippen LogP contribution in [0.4, 0.5) is 11.4 Å². The van der Waals surface area contributed by atoms with Gasteiger partial charge in [-0.3, -0.25) is 4.98 Å². The zero-order valence-corrected chi connectivity index (χ0v) is 12.0. The third-order valence-corrected chi connectivity index (χ3v) is 3.90. The van der Waals surface area contributed by atoms with E-state index in [-0.39, 0.29) is 0 Å². The molecular weight excluding hydrogens is 266 g/mol. The molecule has 0 saturated heterocycles. The lowest BCUT2D eigenvalue weighted by molar-refractivity contribution is 0.687. The summed E-state index contributed by atoms with van der Waals surface area (Å²) in [6, 6.07) is 10.3. The molecule has 0 spiro atoms. The van der Waals surface area contributed by atoms with Gasteiger partial charge in [0.05, 0.1) is 5.69 Å². The SMILES string of the molecule is NC(=S)c1ncccc1Nc1cccc2c1CCCC2. The van der Waals surface area contributed by atoms with E-state index >= 15 is 0 Å². The number of nitrogens with one attached hydrogen (secondary N) is 1. The Hall–Kier alpha value is -1.94. The van der Waals surface area contributed by atoms with Gasteiger partial charge in [0.15, 0.2) is 0 Å². The second-order valence-corrected chi connectivity index (χ2v) is 5.48. The number of pyridine rings is 1. The number of nitrogens with zero attached hydrogens (tertiary/aromatic N) is 1. The molecule has 1 heterocycles. The molecule has 0 radical (unpaired) electrons. The van der Waals surface area contributed by atoms with Gasteiger partial charge in [-0.05, 0) is 55.0 Å². The summed E-state index contributed by atoms with van der Waals surface area (Å²) in [5, 5.41) is 3.45. The van der Waals surface area contributed by atoms with Crippen molar-refractivity contribution in [3.63, 3.8) is 0 Å². The summed E-state index contributed by atoms with van der Waals surface area (Å²) in [4.78, 5) is 4.58. The molecule has 4 heteroatoms. The van der Waals surface area contributed by atoms with E-state index in [0.29, 0.717) is 10.7 Å². The van der Waals surface area contributed by atoms with Crippen molar-refractivity contribution in [1.29, 1.82) is 0 Å². The van der Waals surface area contributed by atoms with Crippen LogP contribution in [-0.4, -0.2) is 9.97 Å². The molecule has 0 bridgehead atoms. The van der Waals surface area contributed by atoms with Crippen LogP contribution in [0.2, 0.25) is 0 Å². The van der Waals surface area contributed by atoms with Crippen LogP contribution < -0.4 is 11.1 Å². The van der Waals surface area contributed by atoms with Crippen LogP contribution in [0.25, 0.3) is 0 Å². The molecule has 3 N–H and O–H groups in total. The number of aromatic nitrogens is 1. The number of fused-ring (bicyclic) bond motifs is 1. The summed E-state index contributed by atoms with van der Waals surface area (Å²) >= 11 is 5.06. The Kier molecular flexibility index (Phi) is 3.65. The third kappa shape index (κ3) is 2.51. The van der Waals surface area contributed by atoms with Gasteiger partial charge >= 0.3 is 0 Å². The molecule has 0 unspecified atom stereocenters. The topological polar surface area (TPSA) is 50.9 Å². The molecule has 0 saturated carbocycles. The fourth-order valence-corrected chi connectivity index (χ4v) is 2.91. The zero-order chi connectivity index (χ0) is 13.9. The normalized spacial score (nSPS) is 13.6. The van der Waals surface area contributed by atoms with Crippen molar-refractivity contribution in [2.75, 3.05) is 5.32 Å². The molecule has 3 rings (SSSR count). The Labute approximate surface area is 124 Å². The van der Waals surface area contributed by atoms with Crippen LogP contribution in [0.15, 0.2) is 36.5 Å². The number of benzene rings is 1. The van der Waals surface area contributed by atoms with Gasteiger partial charge in [0.1, 0.15) is 10.7 Å². The van der Waals surface area contributed by atoms with E-state index in [0.717, 1.165) is 17.8 Å². The van der Waals surface area contributed by atoms with Crippen molar-refractivity contribution in [3.8, 4) is 0 Å². The summed E-state index contributed by atoms with van der Waals surface area (Å²) in [6.45, 7) is 0. The molecule has 20 heavy (non-hydrogen) atoms. The van der Waals surface area contributed by atoms with Crippen LogP contribution >= 0.6 is 12.2 Å². The molecule has 1 aromatic heterocycles. The fourth-order valence-electron chi connectivity index (χ4n) is 2.75. The van der Waals surface area contributed by atoms with Crippen LogP contribution in [0.1, 0.15) is 29.7 Å². The maximum absolute atomic E-state index is 5.73. The zero-order valence-electron chi connectivity index (χ0n) is 11.2. The van der Waals surface area contributed by atoms with Crippen LogP contribution in [0, 0.1) is 0 Å². The summed E-state index contributed by atoms with van der Waals surface area (Å²) in [5.74, 6) is 0. The lowest BCUT2D eigenvalue weighted by Crippen LogP contribution is -2.14. The average Bonchev–Trinajstić information content (AvgIpc) is 2.48.